The van der Waals surface area contributed by atoms with Crippen molar-refractivity contribution >= 4 is 56.8 Å². The molecule has 1 aromatic carbocycles. The van der Waals surface area contributed by atoms with E-state index in [-0.39, 0.29) is 36.4 Å². The summed E-state index contributed by atoms with van der Waals surface area (Å²) in [4.78, 5) is 44.3. The standard InChI is InChI=1S/C25H28ClN3O4S2/c1-3-33-24(32)21-15(2)20-22(35-21)28-25(34-14-19(30)27-18-10-5-4-6-11-18)29(23(20)31)13-16-8-7-9-17(26)12-16/h7-9,12,18H,3-6,10-11,13-14H2,1-2H3,(H,27,30). The van der Waals surface area contributed by atoms with Gasteiger partial charge in [-0.2, -0.15) is 0 Å². The van der Waals surface area contributed by atoms with Crippen molar-refractivity contribution in [1.82, 2.24) is 14.9 Å². The Hall–Kier alpha value is -2.36. The summed E-state index contributed by atoms with van der Waals surface area (Å²) in [6.45, 7) is 3.97. The molecule has 35 heavy (non-hydrogen) atoms. The topological polar surface area (TPSA) is 90.3 Å². The average molecular weight is 534 g/mol. The largest absolute Gasteiger partial charge is 0.462 e. The van der Waals surface area contributed by atoms with Gasteiger partial charge in [-0.15, -0.1) is 11.3 Å². The number of thioether (sulfide) groups is 1. The first-order valence-corrected chi connectivity index (χ1v) is 13.9. The molecule has 3 aromatic rings. The highest BCUT2D eigenvalue weighted by molar-refractivity contribution is 7.99. The maximum atomic E-state index is 13.6. The van der Waals surface area contributed by atoms with E-state index in [9.17, 15) is 14.4 Å². The molecule has 2 heterocycles. The molecule has 1 saturated carbocycles. The van der Waals surface area contributed by atoms with Crippen LogP contribution in [-0.4, -0.2) is 39.8 Å². The highest BCUT2D eigenvalue weighted by Gasteiger charge is 2.23. The SMILES string of the molecule is CCOC(=O)c1sc2nc(SCC(=O)NC3CCCCC3)n(Cc3cccc(Cl)c3)c(=O)c2c1C. The summed E-state index contributed by atoms with van der Waals surface area (Å²) in [6.07, 6.45) is 5.50. The van der Waals surface area contributed by atoms with Gasteiger partial charge in [0.25, 0.3) is 5.56 Å². The molecule has 0 aliphatic heterocycles. The summed E-state index contributed by atoms with van der Waals surface area (Å²) in [5, 5.41) is 4.51. The Morgan fingerprint density at radius 3 is 2.77 bits per heavy atom. The summed E-state index contributed by atoms with van der Waals surface area (Å²) in [7, 11) is 0. The number of ether oxygens (including phenoxy) is 1. The van der Waals surface area contributed by atoms with Crippen molar-refractivity contribution in [3.05, 3.63) is 55.6 Å². The normalized spacial score (nSPS) is 14.3. The van der Waals surface area contributed by atoms with Crippen LogP contribution in [0.25, 0.3) is 10.2 Å². The number of benzene rings is 1. The van der Waals surface area contributed by atoms with Crippen molar-refractivity contribution in [3.8, 4) is 0 Å². The number of carbonyl (C=O) groups is 2. The lowest BCUT2D eigenvalue weighted by molar-refractivity contribution is -0.119. The molecular weight excluding hydrogens is 506 g/mol. The van der Waals surface area contributed by atoms with Crippen LogP contribution >= 0.6 is 34.7 Å². The predicted molar refractivity (Wildman–Crippen MR) is 141 cm³/mol. The molecule has 4 rings (SSSR count). The molecule has 0 atom stereocenters. The lowest BCUT2D eigenvalue weighted by Crippen LogP contribution is -2.37. The molecule has 0 spiro atoms. The van der Waals surface area contributed by atoms with Crippen LogP contribution in [0.4, 0.5) is 0 Å². The Balaban J connectivity index is 1.68. The van der Waals surface area contributed by atoms with Crippen LogP contribution in [0.5, 0.6) is 0 Å². The number of nitrogens with one attached hydrogen (secondary N) is 1. The van der Waals surface area contributed by atoms with Crippen molar-refractivity contribution in [1.29, 1.82) is 0 Å². The number of nitrogens with zero attached hydrogens (tertiary/aromatic N) is 2. The van der Waals surface area contributed by atoms with Crippen molar-refractivity contribution < 1.29 is 14.3 Å². The van der Waals surface area contributed by atoms with E-state index in [0.717, 1.165) is 42.6 Å². The smallest absolute Gasteiger partial charge is 0.348 e. The number of thiophene rings is 1. The minimum atomic E-state index is -0.463. The average Bonchev–Trinajstić information content (AvgIpc) is 3.17. The number of carbonyl (C=O) groups excluding carboxylic acids is 2. The molecule has 0 saturated heterocycles. The molecule has 1 N–H and O–H groups in total. The van der Waals surface area contributed by atoms with E-state index in [2.05, 4.69) is 5.32 Å². The fraction of sp³-hybridized carbons (Fsp3) is 0.440. The fourth-order valence-electron chi connectivity index (χ4n) is 4.30. The molecule has 7 nitrogen and oxygen atoms in total. The van der Waals surface area contributed by atoms with Gasteiger partial charge in [0.05, 0.1) is 24.3 Å². The third kappa shape index (κ3) is 6.08. The van der Waals surface area contributed by atoms with Crippen LogP contribution in [0, 0.1) is 6.92 Å². The molecule has 10 heteroatoms. The lowest BCUT2D eigenvalue weighted by Gasteiger charge is -2.22. The van der Waals surface area contributed by atoms with E-state index in [1.54, 1.807) is 30.5 Å². The van der Waals surface area contributed by atoms with Gasteiger partial charge in [0.2, 0.25) is 5.91 Å². The lowest BCUT2D eigenvalue weighted by atomic mass is 9.95. The van der Waals surface area contributed by atoms with E-state index in [1.165, 1.54) is 18.2 Å². The zero-order valence-electron chi connectivity index (χ0n) is 19.8. The Labute approximate surface area is 217 Å². The van der Waals surface area contributed by atoms with E-state index >= 15 is 0 Å². The zero-order chi connectivity index (χ0) is 24.9. The van der Waals surface area contributed by atoms with Crippen LogP contribution < -0.4 is 10.9 Å². The van der Waals surface area contributed by atoms with Crippen molar-refractivity contribution in [2.24, 2.45) is 0 Å². The van der Waals surface area contributed by atoms with Crippen LogP contribution in [0.15, 0.2) is 34.2 Å². The summed E-state index contributed by atoms with van der Waals surface area (Å²) < 4.78 is 6.72. The number of amides is 1. The zero-order valence-corrected chi connectivity index (χ0v) is 22.2. The third-order valence-electron chi connectivity index (χ3n) is 6.01. The number of halogens is 1. The van der Waals surface area contributed by atoms with Gasteiger partial charge in [-0.05, 0) is 49.9 Å². The number of fused-ring (bicyclic) bond motifs is 1. The Bertz CT molecular complexity index is 1300. The van der Waals surface area contributed by atoms with Crippen LogP contribution in [-0.2, 0) is 16.1 Å². The Morgan fingerprint density at radius 1 is 1.29 bits per heavy atom. The Kier molecular flexibility index (Phi) is 8.51. The van der Waals surface area contributed by atoms with Crippen LogP contribution in [0.1, 0.15) is 59.8 Å². The van der Waals surface area contributed by atoms with Gasteiger partial charge < -0.3 is 10.1 Å². The molecule has 1 aliphatic carbocycles. The highest BCUT2D eigenvalue weighted by atomic mass is 35.5. The molecule has 1 fully saturated rings. The van der Waals surface area contributed by atoms with Gasteiger partial charge in [0.1, 0.15) is 9.71 Å². The first kappa shape index (κ1) is 25.7. The summed E-state index contributed by atoms with van der Waals surface area (Å²) in [5.74, 6) is -0.381. The Morgan fingerprint density at radius 2 is 2.06 bits per heavy atom. The molecule has 0 unspecified atom stereocenters. The van der Waals surface area contributed by atoms with Crippen molar-refractivity contribution in [3.63, 3.8) is 0 Å². The third-order valence-corrected chi connectivity index (χ3v) is 8.39. The van der Waals surface area contributed by atoms with Gasteiger partial charge in [-0.3, -0.25) is 14.2 Å². The molecule has 2 aromatic heterocycles. The number of esters is 1. The van der Waals surface area contributed by atoms with E-state index < -0.39 is 5.97 Å². The number of rotatable bonds is 8. The monoisotopic (exact) mass is 533 g/mol. The van der Waals surface area contributed by atoms with E-state index in [0.29, 0.717) is 30.8 Å². The summed E-state index contributed by atoms with van der Waals surface area (Å²) >= 11 is 8.54. The van der Waals surface area contributed by atoms with Crippen molar-refractivity contribution in [2.45, 2.75) is 63.7 Å². The van der Waals surface area contributed by atoms with Gasteiger partial charge in [-0.25, -0.2) is 9.78 Å². The van der Waals surface area contributed by atoms with Crippen LogP contribution in [0.3, 0.4) is 0 Å². The second-order valence-corrected chi connectivity index (χ2v) is 10.9. The molecule has 1 amide bonds. The van der Waals surface area contributed by atoms with E-state index in [4.69, 9.17) is 21.3 Å². The summed E-state index contributed by atoms with van der Waals surface area (Å²) in [6, 6.07) is 7.50. The molecule has 186 valence electrons. The minimum Gasteiger partial charge on any atom is -0.462 e. The molecule has 1 aliphatic rings. The second kappa shape index (κ2) is 11.6. The number of aromatic nitrogens is 2. The van der Waals surface area contributed by atoms with E-state index in [1.807, 2.05) is 12.1 Å². The maximum Gasteiger partial charge on any atom is 0.348 e. The number of aryl methyl sites for hydroxylation is 1. The number of hydrogen-bond acceptors (Lipinski definition) is 7. The predicted octanol–water partition coefficient (Wildman–Crippen LogP) is 5.19. The van der Waals surface area contributed by atoms with Crippen molar-refractivity contribution in [2.75, 3.05) is 12.4 Å². The molecule has 0 radical (unpaired) electrons. The maximum absolute atomic E-state index is 13.6. The van der Waals surface area contributed by atoms with Crippen LogP contribution in [0.2, 0.25) is 5.02 Å². The molecule has 0 bridgehead atoms. The fourth-order valence-corrected chi connectivity index (χ4v) is 6.44. The highest BCUT2D eigenvalue weighted by Crippen LogP contribution is 2.30. The summed E-state index contributed by atoms with van der Waals surface area (Å²) in [5.41, 5.74) is 1.15. The first-order valence-electron chi connectivity index (χ1n) is 11.7. The number of hydrogen-bond donors (Lipinski definition) is 1. The minimum absolute atomic E-state index is 0.0693. The van der Waals surface area contributed by atoms with Gasteiger partial charge >= 0.3 is 5.97 Å². The van der Waals surface area contributed by atoms with Gasteiger partial charge in [0, 0.05) is 11.1 Å². The first-order chi connectivity index (χ1) is 16.9. The quantitative estimate of drug-likeness (QED) is 0.243. The second-order valence-electron chi connectivity index (χ2n) is 8.56. The van der Waals surface area contributed by atoms with Gasteiger partial charge in [-0.1, -0.05) is 54.8 Å². The van der Waals surface area contributed by atoms with Gasteiger partial charge in [0.15, 0.2) is 5.16 Å². The molecular formula is C25H28ClN3O4S2.